The first-order valence-electron chi connectivity index (χ1n) is 8.54. The van der Waals surface area contributed by atoms with Crippen molar-refractivity contribution in [2.75, 3.05) is 10.6 Å². The number of nitrogens with one attached hydrogen (secondary N) is 2. The molecule has 1 unspecified atom stereocenters. The standard InChI is InChI=1S/C20H18ClN5O/c1-12-6-3-4-9-16(12)25-19(27)17-13(2)24-20-22-11-23-26(20)18(17)14-7-5-8-15(21)10-14/h3-11,18H,1-2H3,(H,25,27)(H,22,23,24). The summed E-state index contributed by atoms with van der Waals surface area (Å²) in [6.45, 7) is 3.82. The molecule has 1 aliphatic rings. The summed E-state index contributed by atoms with van der Waals surface area (Å²) in [5.41, 5.74) is 3.93. The van der Waals surface area contributed by atoms with Gasteiger partial charge in [0, 0.05) is 16.4 Å². The largest absolute Gasteiger partial charge is 0.328 e. The van der Waals surface area contributed by atoms with E-state index in [-0.39, 0.29) is 5.91 Å². The summed E-state index contributed by atoms with van der Waals surface area (Å²) in [5, 5.41) is 11.1. The highest BCUT2D eigenvalue weighted by Gasteiger charge is 2.33. The normalized spacial score (nSPS) is 15.9. The van der Waals surface area contributed by atoms with Crippen molar-refractivity contribution in [3.05, 3.63) is 82.3 Å². The van der Waals surface area contributed by atoms with Gasteiger partial charge in [-0.2, -0.15) is 10.1 Å². The van der Waals surface area contributed by atoms with Gasteiger partial charge in [-0.1, -0.05) is 41.9 Å². The van der Waals surface area contributed by atoms with Gasteiger partial charge in [0.2, 0.25) is 5.95 Å². The van der Waals surface area contributed by atoms with Gasteiger partial charge in [-0.15, -0.1) is 0 Å². The van der Waals surface area contributed by atoms with Gasteiger partial charge >= 0.3 is 0 Å². The lowest BCUT2D eigenvalue weighted by Crippen LogP contribution is -2.31. The number of para-hydroxylation sites is 1. The maximum absolute atomic E-state index is 13.2. The number of amides is 1. The molecule has 7 heteroatoms. The molecule has 1 aromatic heterocycles. The third kappa shape index (κ3) is 3.19. The number of nitrogens with zero attached hydrogens (tertiary/aromatic N) is 3. The van der Waals surface area contributed by atoms with Crippen LogP contribution in [0, 0.1) is 6.92 Å². The SMILES string of the molecule is CC1=C(C(=O)Nc2ccccc2C)C(c2cccc(Cl)c2)n2ncnc2N1. The molecule has 0 spiro atoms. The molecule has 0 saturated carbocycles. The van der Waals surface area contributed by atoms with E-state index in [1.165, 1.54) is 6.33 Å². The number of aromatic nitrogens is 3. The fraction of sp³-hybridized carbons (Fsp3) is 0.150. The number of halogens is 1. The van der Waals surface area contributed by atoms with Crippen molar-refractivity contribution < 1.29 is 4.79 Å². The predicted molar refractivity (Wildman–Crippen MR) is 106 cm³/mol. The fourth-order valence-corrected chi connectivity index (χ4v) is 3.47. The number of aryl methyl sites for hydroxylation is 1. The summed E-state index contributed by atoms with van der Waals surface area (Å²) in [4.78, 5) is 17.5. The van der Waals surface area contributed by atoms with Crippen molar-refractivity contribution in [1.29, 1.82) is 0 Å². The Bertz CT molecular complexity index is 1060. The molecule has 136 valence electrons. The van der Waals surface area contributed by atoms with Gasteiger partial charge in [-0.25, -0.2) is 4.68 Å². The predicted octanol–water partition coefficient (Wildman–Crippen LogP) is 4.17. The Balaban J connectivity index is 1.79. The molecular weight excluding hydrogens is 362 g/mol. The van der Waals surface area contributed by atoms with Gasteiger partial charge < -0.3 is 10.6 Å². The molecule has 2 N–H and O–H groups in total. The second kappa shape index (κ2) is 6.89. The van der Waals surface area contributed by atoms with E-state index in [0.717, 1.165) is 22.5 Å². The summed E-state index contributed by atoms with van der Waals surface area (Å²) < 4.78 is 1.70. The number of carbonyl (C=O) groups is 1. The van der Waals surface area contributed by atoms with E-state index in [0.29, 0.717) is 16.5 Å². The molecule has 6 nitrogen and oxygen atoms in total. The Morgan fingerprint density at radius 2 is 2.00 bits per heavy atom. The van der Waals surface area contributed by atoms with Crippen LogP contribution in [0.5, 0.6) is 0 Å². The third-order valence-electron chi connectivity index (χ3n) is 4.60. The molecule has 0 aliphatic carbocycles. The van der Waals surface area contributed by atoms with Crippen LogP contribution in [-0.2, 0) is 4.79 Å². The molecule has 1 aliphatic heterocycles. The average Bonchev–Trinajstić information content (AvgIpc) is 3.10. The molecule has 0 fully saturated rings. The Kier molecular flexibility index (Phi) is 4.41. The summed E-state index contributed by atoms with van der Waals surface area (Å²) in [7, 11) is 0. The lowest BCUT2D eigenvalue weighted by molar-refractivity contribution is -0.113. The van der Waals surface area contributed by atoms with Crippen LogP contribution in [0.25, 0.3) is 0 Å². The maximum Gasteiger partial charge on any atom is 0.255 e. The number of fused-ring (bicyclic) bond motifs is 1. The van der Waals surface area contributed by atoms with Gasteiger partial charge in [0.1, 0.15) is 12.4 Å². The number of rotatable bonds is 3. The third-order valence-corrected chi connectivity index (χ3v) is 4.83. The first-order valence-corrected chi connectivity index (χ1v) is 8.92. The lowest BCUT2D eigenvalue weighted by atomic mass is 9.95. The zero-order valence-electron chi connectivity index (χ0n) is 14.9. The van der Waals surface area contributed by atoms with Crippen LogP contribution in [0.2, 0.25) is 5.02 Å². The Morgan fingerprint density at radius 1 is 1.19 bits per heavy atom. The first kappa shape index (κ1) is 17.3. The maximum atomic E-state index is 13.2. The van der Waals surface area contributed by atoms with Crippen molar-refractivity contribution in [2.24, 2.45) is 0 Å². The van der Waals surface area contributed by atoms with E-state index >= 15 is 0 Å². The minimum Gasteiger partial charge on any atom is -0.328 e. The smallest absolute Gasteiger partial charge is 0.255 e. The average molecular weight is 380 g/mol. The highest BCUT2D eigenvalue weighted by molar-refractivity contribution is 6.30. The van der Waals surface area contributed by atoms with Gasteiger partial charge in [0.25, 0.3) is 5.91 Å². The van der Waals surface area contributed by atoms with E-state index in [2.05, 4.69) is 20.7 Å². The summed E-state index contributed by atoms with van der Waals surface area (Å²) in [5.74, 6) is 0.394. The molecule has 2 aromatic carbocycles. The Labute approximate surface area is 161 Å². The van der Waals surface area contributed by atoms with Crippen LogP contribution >= 0.6 is 11.6 Å². The van der Waals surface area contributed by atoms with Gasteiger partial charge in [-0.3, -0.25) is 4.79 Å². The molecule has 27 heavy (non-hydrogen) atoms. The molecule has 0 radical (unpaired) electrons. The quantitative estimate of drug-likeness (QED) is 0.716. The van der Waals surface area contributed by atoms with Gasteiger partial charge in [0.15, 0.2) is 0 Å². The minimum absolute atomic E-state index is 0.194. The fourth-order valence-electron chi connectivity index (χ4n) is 3.27. The number of allylic oxidation sites excluding steroid dienone is 1. The summed E-state index contributed by atoms with van der Waals surface area (Å²) in [6.07, 6.45) is 1.47. The highest BCUT2D eigenvalue weighted by Crippen LogP contribution is 2.36. The Hall–Kier alpha value is -3.12. The first-order chi connectivity index (χ1) is 13.0. The number of hydrogen-bond acceptors (Lipinski definition) is 4. The monoisotopic (exact) mass is 379 g/mol. The highest BCUT2D eigenvalue weighted by atomic mass is 35.5. The second-order valence-corrected chi connectivity index (χ2v) is 6.85. The van der Waals surface area contributed by atoms with Crippen molar-refractivity contribution in [2.45, 2.75) is 19.9 Å². The summed E-state index contributed by atoms with van der Waals surface area (Å²) in [6, 6.07) is 14.7. The van der Waals surface area contributed by atoms with Crippen molar-refractivity contribution in [1.82, 2.24) is 14.8 Å². The zero-order valence-corrected chi connectivity index (χ0v) is 15.7. The molecule has 1 atom stereocenters. The van der Waals surface area contributed by atoms with E-state index < -0.39 is 6.04 Å². The number of anilines is 2. The van der Waals surface area contributed by atoms with Crippen LogP contribution < -0.4 is 10.6 Å². The molecule has 1 amide bonds. The molecule has 2 heterocycles. The van der Waals surface area contributed by atoms with Crippen LogP contribution in [0.15, 0.2) is 66.1 Å². The van der Waals surface area contributed by atoms with Gasteiger partial charge in [-0.05, 0) is 43.2 Å². The van der Waals surface area contributed by atoms with Gasteiger partial charge in [0.05, 0.1) is 5.57 Å². The second-order valence-electron chi connectivity index (χ2n) is 6.42. The molecule has 0 bridgehead atoms. The topological polar surface area (TPSA) is 71.8 Å². The van der Waals surface area contributed by atoms with Crippen LogP contribution in [0.3, 0.4) is 0 Å². The van der Waals surface area contributed by atoms with E-state index in [9.17, 15) is 4.79 Å². The molecule has 0 saturated heterocycles. The van der Waals surface area contributed by atoms with Crippen molar-refractivity contribution >= 4 is 29.1 Å². The van der Waals surface area contributed by atoms with Crippen LogP contribution in [-0.4, -0.2) is 20.7 Å². The van der Waals surface area contributed by atoms with Crippen LogP contribution in [0.1, 0.15) is 24.1 Å². The van der Waals surface area contributed by atoms with Crippen LogP contribution in [0.4, 0.5) is 11.6 Å². The zero-order chi connectivity index (χ0) is 19.0. The van der Waals surface area contributed by atoms with E-state index in [1.807, 2.05) is 56.3 Å². The molecule has 4 rings (SSSR count). The lowest BCUT2D eigenvalue weighted by Gasteiger charge is -2.29. The summed E-state index contributed by atoms with van der Waals surface area (Å²) >= 11 is 6.20. The van der Waals surface area contributed by atoms with Crippen molar-refractivity contribution in [3.63, 3.8) is 0 Å². The number of carbonyl (C=O) groups excluding carboxylic acids is 1. The minimum atomic E-state index is -0.425. The van der Waals surface area contributed by atoms with E-state index in [1.54, 1.807) is 10.7 Å². The van der Waals surface area contributed by atoms with E-state index in [4.69, 9.17) is 11.6 Å². The number of benzene rings is 2. The molecule has 3 aromatic rings. The van der Waals surface area contributed by atoms with Crippen molar-refractivity contribution in [3.8, 4) is 0 Å². The molecular formula is C20H18ClN5O. The Morgan fingerprint density at radius 3 is 2.78 bits per heavy atom. The number of hydrogen-bond donors (Lipinski definition) is 2.